The molecule has 0 unspecified atom stereocenters. The Hall–Kier alpha value is -2.01. The SMILES string of the molecule is O=c1cccco1.OC[C@H]1O[C@](O)(CO)[C@@H](O)[C@@H]1O.c1ccoc1. The molecule has 0 aliphatic carbocycles. The van der Waals surface area contributed by atoms with Gasteiger partial charge < -0.3 is 39.1 Å². The molecule has 24 heavy (non-hydrogen) atoms. The summed E-state index contributed by atoms with van der Waals surface area (Å²) in [5, 5.41) is 44.7. The van der Waals surface area contributed by atoms with Crippen molar-refractivity contribution in [1.82, 2.24) is 0 Å². The Balaban J connectivity index is 0.000000201. The fourth-order valence-electron chi connectivity index (χ4n) is 1.70. The Morgan fingerprint density at radius 2 is 1.67 bits per heavy atom. The number of hydrogen-bond donors (Lipinski definition) is 5. The molecule has 1 saturated heterocycles. The Morgan fingerprint density at radius 3 is 1.92 bits per heavy atom. The quantitative estimate of drug-likeness (QED) is 0.447. The average molecular weight is 344 g/mol. The Morgan fingerprint density at radius 1 is 1.04 bits per heavy atom. The van der Waals surface area contributed by atoms with E-state index in [-0.39, 0.29) is 5.63 Å². The molecule has 2 aromatic rings. The van der Waals surface area contributed by atoms with Gasteiger partial charge in [-0.15, -0.1) is 0 Å². The number of furan rings is 1. The van der Waals surface area contributed by atoms with Crippen molar-refractivity contribution in [2.75, 3.05) is 13.2 Å². The molecule has 4 atom stereocenters. The summed E-state index contributed by atoms with van der Waals surface area (Å²) < 4.78 is 13.6. The molecule has 9 heteroatoms. The van der Waals surface area contributed by atoms with Crippen molar-refractivity contribution in [3.8, 4) is 0 Å². The highest BCUT2D eigenvalue weighted by Gasteiger charge is 2.52. The van der Waals surface area contributed by atoms with Crippen LogP contribution in [0.2, 0.25) is 0 Å². The first kappa shape index (κ1) is 20.0. The molecule has 3 rings (SSSR count). The minimum absolute atomic E-state index is 0.303. The summed E-state index contributed by atoms with van der Waals surface area (Å²) in [7, 11) is 0. The van der Waals surface area contributed by atoms with E-state index in [0.717, 1.165) is 0 Å². The van der Waals surface area contributed by atoms with Crippen LogP contribution in [-0.2, 0) is 4.74 Å². The highest BCUT2D eigenvalue weighted by molar-refractivity contribution is 4.94. The molecule has 0 spiro atoms. The molecule has 0 amide bonds. The number of aliphatic hydroxyl groups is 5. The van der Waals surface area contributed by atoms with E-state index < -0.39 is 37.3 Å². The Kier molecular flexibility index (Phi) is 8.33. The minimum atomic E-state index is -2.16. The molecule has 9 nitrogen and oxygen atoms in total. The van der Waals surface area contributed by atoms with E-state index in [4.69, 9.17) is 20.4 Å². The van der Waals surface area contributed by atoms with E-state index in [9.17, 15) is 9.90 Å². The van der Waals surface area contributed by atoms with E-state index in [2.05, 4.69) is 13.6 Å². The summed E-state index contributed by atoms with van der Waals surface area (Å²) in [6, 6.07) is 8.31. The molecule has 134 valence electrons. The van der Waals surface area contributed by atoms with Crippen LogP contribution in [0, 0.1) is 0 Å². The molecule has 1 aliphatic heterocycles. The smallest absolute Gasteiger partial charge is 0.335 e. The van der Waals surface area contributed by atoms with Gasteiger partial charge in [-0.1, -0.05) is 6.07 Å². The van der Waals surface area contributed by atoms with Gasteiger partial charge in [0.25, 0.3) is 0 Å². The number of aliphatic hydroxyl groups excluding tert-OH is 4. The van der Waals surface area contributed by atoms with Gasteiger partial charge in [-0.05, 0) is 18.2 Å². The van der Waals surface area contributed by atoms with Gasteiger partial charge in [0.1, 0.15) is 18.3 Å². The second-order valence-corrected chi connectivity index (χ2v) is 4.69. The van der Waals surface area contributed by atoms with Gasteiger partial charge in [0, 0.05) is 6.07 Å². The normalized spacial score (nSPS) is 28.3. The summed E-state index contributed by atoms with van der Waals surface area (Å²) >= 11 is 0. The molecule has 0 saturated carbocycles. The van der Waals surface area contributed by atoms with E-state index in [0.29, 0.717) is 0 Å². The number of hydrogen-bond acceptors (Lipinski definition) is 9. The third-order valence-electron chi connectivity index (χ3n) is 2.96. The van der Waals surface area contributed by atoms with Gasteiger partial charge in [-0.2, -0.15) is 0 Å². The maximum atomic E-state index is 10.1. The lowest BCUT2D eigenvalue weighted by Gasteiger charge is -2.22. The number of rotatable bonds is 2. The molecule has 3 heterocycles. The van der Waals surface area contributed by atoms with Gasteiger partial charge in [-0.25, -0.2) is 4.79 Å². The first-order valence-corrected chi connectivity index (χ1v) is 6.93. The zero-order chi connectivity index (χ0) is 18.0. The van der Waals surface area contributed by atoms with Crippen molar-refractivity contribution in [2.24, 2.45) is 0 Å². The van der Waals surface area contributed by atoms with E-state index in [1.807, 2.05) is 12.1 Å². The second kappa shape index (κ2) is 9.98. The van der Waals surface area contributed by atoms with Crippen molar-refractivity contribution >= 4 is 0 Å². The summed E-state index contributed by atoms with van der Waals surface area (Å²) in [5.41, 5.74) is -0.303. The van der Waals surface area contributed by atoms with Crippen LogP contribution in [-0.4, -0.2) is 62.8 Å². The summed E-state index contributed by atoms with van der Waals surface area (Å²) in [6.07, 6.45) is 0.562. The maximum Gasteiger partial charge on any atom is 0.335 e. The first-order chi connectivity index (χ1) is 11.4. The van der Waals surface area contributed by atoms with Crippen molar-refractivity contribution in [3.63, 3.8) is 0 Å². The van der Waals surface area contributed by atoms with Crippen LogP contribution in [0.3, 0.4) is 0 Å². The molecule has 1 aliphatic rings. The zero-order valence-corrected chi connectivity index (χ0v) is 12.6. The van der Waals surface area contributed by atoms with Crippen molar-refractivity contribution in [1.29, 1.82) is 0 Å². The third-order valence-corrected chi connectivity index (χ3v) is 2.96. The Bertz CT molecular complexity index is 562. The van der Waals surface area contributed by atoms with E-state index in [1.165, 1.54) is 12.3 Å². The minimum Gasteiger partial charge on any atom is -0.473 e. The third kappa shape index (κ3) is 5.89. The van der Waals surface area contributed by atoms with Crippen LogP contribution in [0.15, 0.2) is 62.8 Å². The Labute approximate surface area is 137 Å². The van der Waals surface area contributed by atoms with Gasteiger partial charge in [-0.3, -0.25) is 0 Å². The largest absolute Gasteiger partial charge is 0.473 e. The van der Waals surface area contributed by atoms with Gasteiger partial charge in [0.15, 0.2) is 0 Å². The van der Waals surface area contributed by atoms with Crippen molar-refractivity contribution in [2.45, 2.75) is 24.1 Å². The molecule has 0 radical (unpaired) electrons. The topological polar surface area (TPSA) is 154 Å². The fourth-order valence-corrected chi connectivity index (χ4v) is 1.70. The van der Waals surface area contributed by atoms with Crippen LogP contribution in [0.1, 0.15) is 0 Å². The summed E-state index contributed by atoms with van der Waals surface area (Å²) in [6.45, 7) is -1.36. The molecule has 0 aromatic carbocycles. The average Bonchev–Trinajstić information content (AvgIpc) is 3.24. The first-order valence-electron chi connectivity index (χ1n) is 6.93. The number of ether oxygens (including phenoxy) is 1. The van der Waals surface area contributed by atoms with Crippen molar-refractivity contribution in [3.05, 3.63) is 59.5 Å². The van der Waals surface area contributed by atoms with Crippen LogP contribution >= 0.6 is 0 Å². The zero-order valence-electron chi connectivity index (χ0n) is 12.6. The molecule has 5 N–H and O–H groups in total. The van der Waals surface area contributed by atoms with Crippen LogP contribution in [0.25, 0.3) is 0 Å². The second-order valence-electron chi connectivity index (χ2n) is 4.69. The van der Waals surface area contributed by atoms with Gasteiger partial charge in [0.05, 0.1) is 32.0 Å². The van der Waals surface area contributed by atoms with Gasteiger partial charge >= 0.3 is 5.63 Å². The van der Waals surface area contributed by atoms with Crippen LogP contribution in [0.5, 0.6) is 0 Å². The lowest BCUT2D eigenvalue weighted by atomic mass is 10.1. The predicted molar refractivity (Wildman–Crippen MR) is 79.7 cm³/mol. The summed E-state index contributed by atoms with van der Waals surface area (Å²) in [4.78, 5) is 10.1. The van der Waals surface area contributed by atoms with Crippen LogP contribution < -0.4 is 5.63 Å². The van der Waals surface area contributed by atoms with Crippen molar-refractivity contribution < 1.29 is 39.1 Å². The van der Waals surface area contributed by atoms with E-state index >= 15 is 0 Å². The van der Waals surface area contributed by atoms with Crippen LogP contribution in [0.4, 0.5) is 0 Å². The summed E-state index contributed by atoms with van der Waals surface area (Å²) in [5.74, 6) is -2.16. The molecule has 1 fully saturated rings. The molecule has 2 aromatic heterocycles. The van der Waals surface area contributed by atoms with Gasteiger partial charge in [0.2, 0.25) is 5.79 Å². The fraction of sp³-hybridized carbons (Fsp3) is 0.400. The maximum absolute atomic E-state index is 10.1. The lowest BCUT2D eigenvalue weighted by Crippen LogP contribution is -2.46. The van der Waals surface area contributed by atoms with E-state index in [1.54, 1.807) is 24.7 Å². The standard InChI is InChI=1S/C6H12O6.C5H4O2.C4H4O/c7-1-3-4(9)5(10)6(11,2-8)12-3;6-5-3-1-2-4-7-5;1-2-4-5-3-1/h3-5,7-11H,1-2H2;1-4H;1-4H/t3-,4-,5+,6-;;/m1../s1. The molecular weight excluding hydrogens is 324 g/mol. The monoisotopic (exact) mass is 344 g/mol. The highest BCUT2D eigenvalue weighted by Crippen LogP contribution is 2.28. The molecular formula is C15H20O9. The molecule has 0 bridgehead atoms. The highest BCUT2D eigenvalue weighted by atomic mass is 16.7. The lowest BCUT2D eigenvalue weighted by molar-refractivity contribution is -0.248. The predicted octanol–water partition coefficient (Wildman–Crippen LogP) is -1.30.